The van der Waals surface area contributed by atoms with Crippen LogP contribution < -0.4 is 10.5 Å². The number of pyridine rings is 1. The molecule has 1 heterocycles. The lowest BCUT2D eigenvalue weighted by Crippen LogP contribution is -2.14. The van der Waals surface area contributed by atoms with Gasteiger partial charge >= 0.3 is 0 Å². The van der Waals surface area contributed by atoms with Crippen molar-refractivity contribution in [3.63, 3.8) is 0 Å². The average molecular weight is 353 g/mol. The largest absolute Gasteiger partial charge is 0.396 e. The fourth-order valence-corrected chi connectivity index (χ4v) is 3.42. The molecule has 0 aliphatic heterocycles. The van der Waals surface area contributed by atoms with Crippen molar-refractivity contribution in [2.24, 2.45) is 0 Å². The number of sulfonamides is 1. The van der Waals surface area contributed by atoms with Gasteiger partial charge in [-0.2, -0.15) is 0 Å². The Hall–Kier alpha value is -1.21. The van der Waals surface area contributed by atoms with E-state index in [-0.39, 0.29) is 31.5 Å². The number of benzene rings is 1. The number of nitrogens with zero attached hydrogens (tertiary/aromatic N) is 1. The molecule has 2 rings (SSSR count). The average Bonchev–Trinajstić information content (AvgIpc) is 2.35. The molecule has 0 atom stereocenters. The zero-order valence-corrected chi connectivity index (χ0v) is 12.9. The summed E-state index contributed by atoms with van der Waals surface area (Å²) in [4.78, 5) is 3.58. The second kappa shape index (κ2) is 5.65. The number of nitrogen functional groups attached to an aromatic ring is 1. The quantitative estimate of drug-likeness (QED) is 0.654. The monoisotopic (exact) mass is 351 g/mol. The Kier molecular flexibility index (Phi) is 4.29. The first-order chi connectivity index (χ1) is 9.31. The highest BCUT2D eigenvalue weighted by molar-refractivity contribution is 7.92. The van der Waals surface area contributed by atoms with Gasteiger partial charge in [0.05, 0.1) is 21.4 Å². The molecule has 106 valence electrons. The molecule has 20 heavy (non-hydrogen) atoms. The summed E-state index contributed by atoms with van der Waals surface area (Å²) in [5.74, 6) is 0. The van der Waals surface area contributed by atoms with Crippen LogP contribution in [-0.2, 0) is 10.0 Å². The van der Waals surface area contributed by atoms with Crippen LogP contribution in [0.5, 0.6) is 0 Å². The van der Waals surface area contributed by atoms with Crippen molar-refractivity contribution in [1.82, 2.24) is 4.98 Å². The van der Waals surface area contributed by atoms with Crippen molar-refractivity contribution in [3.8, 4) is 0 Å². The van der Waals surface area contributed by atoms with Crippen molar-refractivity contribution in [2.45, 2.75) is 4.90 Å². The molecule has 0 spiro atoms. The van der Waals surface area contributed by atoms with E-state index in [0.29, 0.717) is 0 Å². The van der Waals surface area contributed by atoms with Gasteiger partial charge in [0, 0.05) is 6.20 Å². The van der Waals surface area contributed by atoms with Gasteiger partial charge in [-0.3, -0.25) is 4.72 Å². The van der Waals surface area contributed by atoms with Gasteiger partial charge in [-0.05, 0) is 24.3 Å². The number of halogens is 3. The van der Waals surface area contributed by atoms with Gasteiger partial charge in [-0.1, -0.05) is 34.8 Å². The van der Waals surface area contributed by atoms with Crippen LogP contribution in [0.3, 0.4) is 0 Å². The predicted molar refractivity (Wildman–Crippen MR) is 80.9 cm³/mol. The van der Waals surface area contributed by atoms with Gasteiger partial charge in [0.2, 0.25) is 0 Å². The molecule has 1 aromatic carbocycles. The maximum absolute atomic E-state index is 12.2. The third-order valence-corrected chi connectivity index (χ3v) is 4.84. The highest BCUT2D eigenvalue weighted by atomic mass is 35.5. The zero-order valence-electron chi connectivity index (χ0n) is 9.77. The van der Waals surface area contributed by atoms with E-state index < -0.39 is 10.0 Å². The van der Waals surface area contributed by atoms with Gasteiger partial charge in [-0.15, -0.1) is 0 Å². The fraction of sp³-hybridized carbons (Fsp3) is 0. The Labute approximate surface area is 130 Å². The van der Waals surface area contributed by atoms with Crippen LogP contribution in [0.4, 0.5) is 11.4 Å². The predicted octanol–water partition coefficient (Wildman–Crippen LogP) is 3.42. The number of hydrogen-bond donors (Lipinski definition) is 2. The minimum absolute atomic E-state index is 0.00368. The highest BCUT2D eigenvalue weighted by Gasteiger charge is 2.21. The minimum Gasteiger partial charge on any atom is -0.396 e. The number of rotatable bonds is 3. The number of hydrogen-bond acceptors (Lipinski definition) is 4. The van der Waals surface area contributed by atoms with Gasteiger partial charge < -0.3 is 5.73 Å². The molecule has 3 N–H and O–H groups in total. The summed E-state index contributed by atoms with van der Waals surface area (Å²) in [6.07, 6.45) is 1.37. The van der Waals surface area contributed by atoms with E-state index in [2.05, 4.69) is 9.71 Å². The summed E-state index contributed by atoms with van der Waals surface area (Å²) in [6.45, 7) is 0. The van der Waals surface area contributed by atoms with E-state index >= 15 is 0 Å². The Morgan fingerprint density at radius 3 is 2.50 bits per heavy atom. The van der Waals surface area contributed by atoms with Crippen LogP contribution in [0, 0.1) is 0 Å². The molecular formula is C11H8Cl3N3O2S. The van der Waals surface area contributed by atoms with Crippen LogP contribution in [0.25, 0.3) is 0 Å². The van der Waals surface area contributed by atoms with E-state index in [1.165, 1.54) is 30.5 Å². The second-order valence-electron chi connectivity index (χ2n) is 3.75. The number of anilines is 2. The van der Waals surface area contributed by atoms with Gasteiger partial charge in [0.15, 0.2) is 0 Å². The van der Waals surface area contributed by atoms with Crippen LogP contribution >= 0.6 is 34.8 Å². The maximum Gasteiger partial charge on any atom is 0.263 e. The molecule has 0 radical (unpaired) electrons. The molecule has 0 fully saturated rings. The smallest absolute Gasteiger partial charge is 0.263 e. The lowest BCUT2D eigenvalue weighted by molar-refractivity contribution is 0.601. The van der Waals surface area contributed by atoms with E-state index in [4.69, 9.17) is 40.5 Å². The summed E-state index contributed by atoms with van der Waals surface area (Å²) in [5.41, 5.74) is 5.87. The summed E-state index contributed by atoms with van der Waals surface area (Å²) in [5, 5.41) is 0.206. The molecule has 0 unspecified atom stereocenters. The first-order valence-electron chi connectivity index (χ1n) is 5.19. The molecule has 0 bridgehead atoms. The van der Waals surface area contributed by atoms with E-state index in [9.17, 15) is 8.42 Å². The number of aromatic nitrogens is 1. The van der Waals surface area contributed by atoms with Crippen LogP contribution in [0.1, 0.15) is 0 Å². The molecule has 5 nitrogen and oxygen atoms in total. The summed E-state index contributed by atoms with van der Waals surface area (Å²) >= 11 is 17.4. The van der Waals surface area contributed by atoms with Crippen molar-refractivity contribution < 1.29 is 8.42 Å². The molecule has 9 heteroatoms. The molecule has 0 saturated heterocycles. The Morgan fingerprint density at radius 2 is 1.85 bits per heavy atom. The Balaban J connectivity index is 2.44. The van der Waals surface area contributed by atoms with Gasteiger partial charge in [0.1, 0.15) is 10.0 Å². The standard InChI is InChI=1S/C11H8Cl3N3O2S/c12-7-1-2-8(10(14)11(7)15)20(18,19)17-6-3-4-16-9(13)5-6/h1-5H,15H2,(H,16,17). The number of nitrogens with one attached hydrogen (secondary N) is 1. The maximum atomic E-state index is 12.2. The van der Waals surface area contributed by atoms with E-state index in [0.717, 1.165) is 0 Å². The van der Waals surface area contributed by atoms with Gasteiger partial charge in [-0.25, -0.2) is 13.4 Å². The Bertz CT molecular complexity index is 766. The van der Waals surface area contributed by atoms with E-state index in [1.807, 2.05) is 0 Å². The lowest BCUT2D eigenvalue weighted by Gasteiger charge is -2.11. The third kappa shape index (κ3) is 3.09. The third-order valence-electron chi connectivity index (χ3n) is 2.36. The zero-order chi connectivity index (χ0) is 14.9. The van der Waals surface area contributed by atoms with Crippen molar-refractivity contribution in [3.05, 3.63) is 45.7 Å². The normalized spacial score (nSPS) is 11.3. The highest BCUT2D eigenvalue weighted by Crippen LogP contribution is 2.33. The number of nitrogens with two attached hydrogens (primary N) is 1. The first kappa shape index (κ1) is 15.2. The van der Waals surface area contributed by atoms with Crippen LogP contribution in [0.15, 0.2) is 35.4 Å². The van der Waals surface area contributed by atoms with E-state index in [1.54, 1.807) is 0 Å². The minimum atomic E-state index is -3.91. The van der Waals surface area contributed by atoms with Crippen LogP contribution in [0.2, 0.25) is 15.2 Å². The second-order valence-corrected chi connectivity index (χ2v) is 6.57. The van der Waals surface area contributed by atoms with Crippen molar-refractivity contribution in [2.75, 3.05) is 10.5 Å². The molecular weight excluding hydrogens is 345 g/mol. The summed E-state index contributed by atoms with van der Waals surface area (Å²) in [6, 6.07) is 5.45. The van der Waals surface area contributed by atoms with Crippen molar-refractivity contribution >= 4 is 56.2 Å². The Morgan fingerprint density at radius 1 is 1.15 bits per heavy atom. The molecule has 1 aromatic heterocycles. The SMILES string of the molecule is Nc1c(Cl)ccc(S(=O)(=O)Nc2ccnc(Cl)c2)c1Cl. The molecule has 0 aliphatic rings. The molecule has 0 aliphatic carbocycles. The first-order valence-corrected chi connectivity index (χ1v) is 7.81. The van der Waals surface area contributed by atoms with Gasteiger partial charge in [0.25, 0.3) is 10.0 Å². The summed E-state index contributed by atoms with van der Waals surface area (Å²) in [7, 11) is -3.91. The summed E-state index contributed by atoms with van der Waals surface area (Å²) < 4.78 is 26.8. The fourth-order valence-electron chi connectivity index (χ4n) is 1.43. The van der Waals surface area contributed by atoms with Crippen molar-refractivity contribution in [1.29, 1.82) is 0 Å². The van der Waals surface area contributed by atoms with Crippen LogP contribution in [-0.4, -0.2) is 13.4 Å². The molecule has 0 saturated carbocycles. The topological polar surface area (TPSA) is 85.1 Å². The lowest BCUT2D eigenvalue weighted by atomic mass is 10.3. The molecule has 2 aromatic rings. The molecule has 0 amide bonds.